The number of para-hydroxylation sites is 1. The Hall–Kier alpha value is -2.04. The molecule has 5 heteroatoms. The first-order chi connectivity index (χ1) is 6.18. The van der Waals surface area contributed by atoms with Crippen molar-refractivity contribution in [1.29, 1.82) is 0 Å². The van der Waals surface area contributed by atoms with Gasteiger partial charge < -0.3 is 11.5 Å². The number of nitrogens with one attached hydrogen (secondary N) is 1. The van der Waals surface area contributed by atoms with Crippen molar-refractivity contribution >= 4 is 22.5 Å². The summed E-state index contributed by atoms with van der Waals surface area (Å²) >= 11 is 0. The third kappa shape index (κ3) is 1.10. The van der Waals surface area contributed by atoms with Crippen molar-refractivity contribution in [3.8, 4) is 0 Å². The van der Waals surface area contributed by atoms with E-state index in [1.165, 1.54) is 0 Å². The Morgan fingerprint density at radius 1 is 1.31 bits per heavy atom. The number of rotatable bonds is 0. The lowest BCUT2D eigenvalue weighted by Crippen LogP contribution is -2.11. The van der Waals surface area contributed by atoms with Gasteiger partial charge in [0.05, 0.1) is 11.1 Å². The molecule has 1 heterocycles. The van der Waals surface area contributed by atoms with Crippen molar-refractivity contribution in [3.05, 3.63) is 28.6 Å². The van der Waals surface area contributed by atoms with Gasteiger partial charge in [-0.25, -0.2) is 4.98 Å². The zero-order valence-corrected chi connectivity index (χ0v) is 6.74. The zero-order valence-electron chi connectivity index (χ0n) is 6.74. The molecule has 0 atom stereocenters. The molecule has 0 amide bonds. The minimum atomic E-state index is -0.269. The van der Waals surface area contributed by atoms with Gasteiger partial charge >= 0.3 is 0 Å². The highest BCUT2D eigenvalue weighted by Crippen LogP contribution is 2.14. The minimum Gasteiger partial charge on any atom is -0.397 e. The molecule has 2 rings (SSSR count). The number of nitrogen functional groups attached to an aromatic ring is 2. The van der Waals surface area contributed by atoms with Crippen LogP contribution in [0, 0.1) is 0 Å². The summed E-state index contributed by atoms with van der Waals surface area (Å²) in [6.07, 6.45) is 0. The molecule has 66 valence electrons. The van der Waals surface area contributed by atoms with Crippen LogP contribution < -0.4 is 17.0 Å². The van der Waals surface area contributed by atoms with Crippen LogP contribution in [0.3, 0.4) is 0 Å². The molecule has 0 unspecified atom stereocenters. The third-order valence-corrected chi connectivity index (χ3v) is 1.79. The summed E-state index contributed by atoms with van der Waals surface area (Å²) in [5, 5.41) is 0.453. The van der Waals surface area contributed by atoms with Gasteiger partial charge in [0.1, 0.15) is 5.52 Å². The number of nitrogens with two attached hydrogens (primary N) is 2. The average Bonchev–Trinajstić information content (AvgIpc) is 2.07. The van der Waals surface area contributed by atoms with Crippen LogP contribution in [-0.4, -0.2) is 9.97 Å². The maximum Gasteiger partial charge on any atom is 0.260 e. The molecule has 0 radical (unpaired) electrons. The number of hydrogen-bond donors (Lipinski definition) is 3. The first kappa shape index (κ1) is 7.60. The van der Waals surface area contributed by atoms with Gasteiger partial charge in [0.2, 0.25) is 5.95 Å². The SMILES string of the molecule is Nc1nc2c(N)cccc2c(=O)[nH]1. The van der Waals surface area contributed by atoms with Gasteiger partial charge in [-0.3, -0.25) is 9.78 Å². The van der Waals surface area contributed by atoms with Crippen LogP contribution in [0.25, 0.3) is 10.9 Å². The van der Waals surface area contributed by atoms with Crippen molar-refractivity contribution in [2.24, 2.45) is 0 Å². The van der Waals surface area contributed by atoms with E-state index in [-0.39, 0.29) is 11.5 Å². The highest BCUT2D eigenvalue weighted by molar-refractivity contribution is 5.88. The summed E-state index contributed by atoms with van der Waals surface area (Å²) in [5.74, 6) is 0.0791. The van der Waals surface area contributed by atoms with Crippen LogP contribution in [0.15, 0.2) is 23.0 Å². The summed E-state index contributed by atoms with van der Waals surface area (Å²) in [7, 11) is 0. The molecule has 1 aromatic carbocycles. The lowest BCUT2D eigenvalue weighted by atomic mass is 10.2. The molecule has 0 aliphatic carbocycles. The van der Waals surface area contributed by atoms with Crippen molar-refractivity contribution in [2.45, 2.75) is 0 Å². The predicted octanol–water partition coefficient (Wildman–Crippen LogP) is 0.0875. The number of benzene rings is 1. The molecule has 1 aromatic heterocycles. The first-order valence-corrected chi connectivity index (χ1v) is 3.72. The zero-order chi connectivity index (χ0) is 9.42. The molecule has 0 aliphatic heterocycles. The van der Waals surface area contributed by atoms with Crippen molar-refractivity contribution in [2.75, 3.05) is 11.5 Å². The fourth-order valence-electron chi connectivity index (χ4n) is 1.20. The number of fused-ring (bicyclic) bond motifs is 1. The van der Waals surface area contributed by atoms with E-state index >= 15 is 0 Å². The van der Waals surface area contributed by atoms with Gasteiger partial charge in [-0.15, -0.1) is 0 Å². The molecule has 2 aromatic rings. The highest BCUT2D eigenvalue weighted by Gasteiger charge is 2.03. The van der Waals surface area contributed by atoms with Gasteiger partial charge in [0.25, 0.3) is 5.56 Å². The van der Waals surface area contributed by atoms with E-state index in [4.69, 9.17) is 11.5 Å². The van der Waals surface area contributed by atoms with Crippen LogP contribution >= 0.6 is 0 Å². The van der Waals surface area contributed by atoms with Crippen LogP contribution in [0.2, 0.25) is 0 Å². The Morgan fingerprint density at radius 3 is 2.85 bits per heavy atom. The van der Waals surface area contributed by atoms with Crippen LogP contribution in [0.5, 0.6) is 0 Å². The molecule has 0 fully saturated rings. The van der Waals surface area contributed by atoms with Crippen LogP contribution in [-0.2, 0) is 0 Å². The molecule has 0 bridgehead atoms. The Bertz CT molecular complexity index is 517. The molecule has 0 saturated carbocycles. The molecule has 0 saturated heterocycles. The van der Waals surface area contributed by atoms with E-state index in [1.807, 2.05) is 0 Å². The molecular weight excluding hydrogens is 168 g/mol. The van der Waals surface area contributed by atoms with Gasteiger partial charge in [-0.2, -0.15) is 0 Å². The topological polar surface area (TPSA) is 97.8 Å². The highest BCUT2D eigenvalue weighted by atomic mass is 16.1. The molecular formula is C8H8N4O. The fraction of sp³-hybridized carbons (Fsp3) is 0. The Kier molecular flexibility index (Phi) is 1.45. The molecule has 5 nitrogen and oxygen atoms in total. The minimum absolute atomic E-state index is 0.0791. The maximum atomic E-state index is 11.3. The van der Waals surface area contributed by atoms with Gasteiger partial charge in [-0.1, -0.05) is 6.07 Å². The second-order valence-electron chi connectivity index (χ2n) is 2.69. The summed E-state index contributed by atoms with van der Waals surface area (Å²) < 4.78 is 0. The lowest BCUT2D eigenvalue weighted by Gasteiger charge is -2.00. The summed E-state index contributed by atoms with van der Waals surface area (Å²) in [5.41, 5.74) is 11.6. The van der Waals surface area contributed by atoms with Crippen molar-refractivity contribution in [3.63, 3.8) is 0 Å². The van der Waals surface area contributed by atoms with E-state index in [0.29, 0.717) is 16.6 Å². The van der Waals surface area contributed by atoms with Crippen LogP contribution in [0.1, 0.15) is 0 Å². The van der Waals surface area contributed by atoms with E-state index in [0.717, 1.165) is 0 Å². The first-order valence-electron chi connectivity index (χ1n) is 3.72. The average molecular weight is 176 g/mol. The normalized spacial score (nSPS) is 10.5. The molecule has 0 spiro atoms. The molecule has 0 aliphatic rings. The summed E-state index contributed by atoms with van der Waals surface area (Å²) in [6, 6.07) is 5.02. The fourth-order valence-corrected chi connectivity index (χ4v) is 1.20. The van der Waals surface area contributed by atoms with Gasteiger partial charge in [0.15, 0.2) is 0 Å². The van der Waals surface area contributed by atoms with Crippen molar-refractivity contribution < 1.29 is 0 Å². The van der Waals surface area contributed by atoms with Crippen molar-refractivity contribution in [1.82, 2.24) is 9.97 Å². The summed E-state index contributed by atoms with van der Waals surface area (Å²) in [6.45, 7) is 0. The van der Waals surface area contributed by atoms with Crippen LogP contribution in [0.4, 0.5) is 11.6 Å². The Labute approximate surface area is 73.4 Å². The second-order valence-corrected chi connectivity index (χ2v) is 2.69. The van der Waals surface area contributed by atoms with E-state index < -0.39 is 0 Å². The smallest absolute Gasteiger partial charge is 0.260 e. The van der Waals surface area contributed by atoms with E-state index in [2.05, 4.69) is 9.97 Å². The largest absolute Gasteiger partial charge is 0.397 e. The lowest BCUT2D eigenvalue weighted by molar-refractivity contribution is 1.19. The number of anilines is 2. The standard InChI is InChI=1S/C8H8N4O/c9-5-3-1-2-4-6(5)11-8(10)12-7(4)13/h1-3H,9H2,(H3,10,11,12,13). The third-order valence-electron chi connectivity index (χ3n) is 1.79. The number of aromatic nitrogens is 2. The maximum absolute atomic E-state index is 11.3. The Balaban J connectivity index is 3.03. The van der Waals surface area contributed by atoms with Gasteiger partial charge in [-0.05, 0) is 12.1 Å². The second kappa shape index (κ2) is 2.48. The number of nitrogens with zero attached hydrogens (tertiary/aromatic N) is 1. The van der Waals surface area contributed by atoms with E-state index in [1.54, 1.807) is 18.2 Å². The number of hydrogen-bond acceptors (Lipinski definition) is 4. The quantitative estimate of drug-likeness (QED) is 0.495. The number of aromatic amines is 1. The monoisotopic (exact) mass is 176 g/mol. The van der Waals surface area contributed by atoms with E-state index in [9.17, 15) is 4.79 Å². The summed E-state index contributed by atoms with van der Waals surface area (Å²) in [4.78, 5) is 17.6. The Morgan fingerprint density at radius 2 is 2.08 bits per heavy atom. The predicted molar refractivity (Wildman–Crippen MR) is 51.2 cm³/mol. The van der Waals surface area contributed by atoms with Gasteiger partial charge in [0, 0.05) is 0 Å². The number of H-pyrrole nitrogens is 1. The molecule has 13 heavy (non-hydrogen) atoms. The molecule has 5 N–H and O–H groups in total.